The molecule has 0 bridgehead atoms. The fourth-order valence-electron chi connectivity index (χ4n) is 1.52. The maximum Gasteiger partial charge on any atom is 0.326 e. The van der Waals surface area contributed by atoms with Gasteiger partial charge in [-0.3, -0.25) is 19.2 Å². The van der Waals surface area contributed by atoms with Gasteiger partial charge in [0, 0.05) is 12.8 Å². The number of hydrogen-bond donors (Lipinski definition) is 6. The Hall–Kier alpha value is -2.69. The first-order valence-corrected chi connectivity index (χ1v) is 6.75. The molecule has 0 rings (SSSR count). The van der Waals surface area contributed by atoms with Gasteiger partial charge in [-0.15, -0.1) is 0 Å². The van der Waals surface area contributed by atoms with Crippen LogP contribution in [0.4, 0.5) is 0 Å². The Bertz CT molecular complexity index is 481. The summed E-state index contributed by atoms with van der Waals surface area (Å²) in [5.74, 6) is -4.07. The highest BCUT2D eigenvalue weighted by Gasteiger charge is 2.21. The van der Waals surface area contributed by atoms with E-state index in [-0.39, 0.29) is 25.7 Å². The van der Waals surface area contributed by atoms with E-state index in [2.05, 4.69) is 10.6 Å². The van der Waals surface area contributed by atoms with Crippen LogP contribution in [0.2, 0.25) is 0 Å². The van der Waals surface area contributed by atoms with Gasteiger partial charge < -0.3 is 32.9 Å². The summed E-state index contributed by atoms with van der Waals surface area (Å²) < 4.78 is 0. The van der Waals surface area contributed by atoms with Crippen molar-refractivity contribution in [3.8, 4) is 0 Å². The van der Waals surface area contributed by atoms with Crippen molar-refractivity contribution in [2.24, 2.45) is 17.2 Å². The van der Waals surface area contributed by atoms with Crippen LogP contribution in [0.25, 0.3) is 0 Å². The lowest BCUT2D eigenvalue weighted by Gasteiger charge is -2.15. The van der Waals surface area contributed by atoms with E-state index in [9.17, 15) is 24.0 Å². The Balaban J connectivity index is 4.25. The predicted molar refractivity (Wildman–Crippen MR) is 77.4 cm³/mol. The first-order valence-electron chi connectivity index (χ1n) is 6.75. The van der Waals surface area contributed by atoms with Crippen molar-refractivity contribution < 1.29 is 29.1 Å². The summed E-state index contributed by atoms with van der Waals surface area (Å²) in [6.07, 6.45) is -0.418. The van der Waals surface area contributed by atoms with E-state index in [0.29, 0.717) is 0 Å². The van der Waals surface area contributed by atoms with Gasteiger partial charge in [0.15, 0.2) is 0 Å². The van der Waals surface area contributed by atoms with Crippen LogP contribution >= 0.6 is 0 Å². The summed E-state index contributed by atoms with van der Waals surface area (Å²) >= 11 is 0. The van der Waals surface area contributed by atoms with E-state index >= 15 is 0 Å². The summed E-state index contributed by atoms with van der Waals surface area (Å²) in [7, 11) is 0. The SMILES string of the molecule is NC(=O)CC[C@H](NC(=O)CNC(=O)[C@@H](N)CCC(N)=O)C(=O)O. The maximum absolute atomic E-state index is 11.6. The molecular weight excluding hydrogens is 310 g/mol. The molecule has 0 aliphatic carbocycles. The summed E-state index contributed by atoms with van der Waals surface area (Å²) in [5, 5.41) is 13.2. The van der Waals surface area contributed by atoms with Crippen molar-refractivity contribution in [2.45, 2.75) is 37.8 Å². The largest absolute Gasteiger partial charge is 0.480 e. The minimum atomic E-state index is -1.33. The standard InChI is InChI=1S/C12H21N5O6/c13-6(1-3-8(14)18)11(21)16-5-10(20)17-7(12(22)23)2-4-9(15)19/h6-7H,1-5,13H2,(H2,14,18)(H2,15,19)(H,16,21)(H,17,20)(H,22,23)/t6-,7-/m0/s1. The third-order valence-electron chi connectivity index (χ3n) is 2.77. The number of carboxylic acids is 1. The van der Waals surface area contributed by atoms with Crippen molar-refractivity contribution in [2.75, 3.05) is 6.54 Å². The Morgan fingerprint density at radius 1 is 0.957 bits per heavy atom. The summed E-state index contributed by atoms with van der Waals surface area (Å²) in [4.78, 5) is 55.2. The van der Waals surface area contributed by atoms with E-state index in [1.54, 1.807) is 0 Å². The number of aliphatic carboxylic acids is 1. The number of amides is 4. The number of carbonyl (C=O) groups excluding carboxylic acids is 4. The summed E-state index contributed by atoms with van der Waals surface area (Å²) in [5.41, 5.74) is 15.3. The molecule has 0 unspecified atom stereocenters. The van der Waals surface area contributed by atoms with Crippen LogP contribution in [0.15, 0.2) is 0 Å². The van der Waals surface area contributed by atoms with E-state index in [1.165, 1.54) is 0 Å². The Kier molecular flexibility index (Phi) is 8.92. The van der Waals surface area contributed by atoms with Crippen molar-refractivity contribution in [1.29, 1.82) is 0 Å². The average molecular weight is 331 g/mol. The molecule has 0 aromatic heterocycles. The number of primary amides is 2. The van der Waals surface area contributed by atoms with E-state index < -0.39 is 48.2 Å². The Labute approximate surface area is 131 Å². The van der Waals surface area contributed by atoms with Gasteiger partial charge in [-0.25, -0.2) is 4.79 Å². The second-order valence-electron chi connectivity index (χ2n) is 4.79. The number of rotatable bonds is 11. The molecule has 23 heavy (non-hydrogen) atoms. The first kappa shape index (κ1) is 20.3. The molecule has 0 fully saturated rings. The van der Waals surface area contributed by atoms with Crippen LogP contribution in [0, 0.1) is 0 Å². The number of nitrogens with one attached hydrogen (secondary N) is 2. The molecule has 4 amide bonds. The monoisotopic (exact) mass is 331 g/mol. The molecule has 9 N–H and O–H groups in total. The third-order valence-corrected chi connectivity index (χ3v) is 2.77. The predicted octanol–water partition coefficient (Wildman–Crippen LogP) is -3.47. The zero-order chi connectivity index (χ0) is 18.0. The Morgan fingerprint density at radius 2 is 1.48 bits per heavy atom. The van der Waals surface area contributed by atoms with Gasteiger partial charge in [0.05, 0.1) is 12.6 Å². The minimum Gasteiger partial charge on any atom is -0.480 e. The third kappa shape index (κ3) is 9.79. The van der Waals surface area contributed by atoms with Crippen molar-refractivity contribution in [3.05, 3.63) is 0 Å². The molecule has 0 aromatic carbocycles. The molecule has 0 aliphatic heterocycles. The average Bonchev–Trinajstić information content (AvgIpc) is 2.45. The lowest BCUT2D eigenvalue weighted by molar-refractivity contribution is -0.142. The van der Waals surface area contributed by atoms with E-state index in [0.717, 1.165) is 0 Å². The van der Waals surface area contributed by atoms with Gasteiger partial charge in [0.2, 0.25) is 23.6 Å². The van der Waals surface area contributed by atoms with Crippen LogP contribution in [-0.4, -0.2) is 53.3 Å². The van der Waals surface area contributed by atoms with E-state index in [1.807, 2.05) is 0 Å². The highest BCUT2D eigenvalue weighted by Crippen LogP contribution is 1.97. The molecule has 0 aliphatic rings. The Morgan fingerprint density at radius 3 is 1.96 bits per heavy atom. The highest BCUT2D eigenvalue weighted by molar-refractivity contribution is 5.89. The zero-order valence-corrected chi connectivity index (χ0v) is 12.4. The van der Waals surface area contributed by atoms with Crippen molar-refractivity contribution in [3.63, 3.8) is 0 Å². The van der Waals surface area contributed by atoms with Crippen molar-refractivity contribution in [1.82, 2.24) is 10.6 Å². The normalized spacial score (nSPS) is 12.7. The molecule has 11 nitrogen and oxygen atoms in total. The van der Waals surface area contributed by atoms with Gasteiger partial charge in [0.25, 0.3) is 0 Å². The molecule has 0 heterocycles. The number of nitrogens with two attached hydrogens (primary N) is 3. The molecule has 0 spiro atoms. The summed E-state index contributed by atoms with van der Waals surface area (Å²) in [6, 6.07) is -2.31. The molecule has 2 atom stereocenters. The van der Waals surface area contributed by atoms with Gasteiger partial charge in [-0.2, -0.15) is 0 Å². The number of carboxylic acid groups (broad SMARTS) is 1. The quantitative estimate of drug-likeness (QED) is 0.225. The lowest BCUT2D eigenvalue weighted by atomic mass is 10.1. The molecular formula is C12H21N5O6. The lowest BCUT2D eigenvalue weighted by Crippen LogP contribution is -2.48. The zero-order valence-electron chi connectivity index (χ0n) is 12.4. The van der Waals surface area contributed by atoms with Crippen LogP contribution < -0.4 is 27.8 Å². The van der Waals surface area contributed by atoms with Gasteiger partial charge in [0.1, 0.15) is 6.04 Å². The van der Waals surface area contributed by atoms with Gasteiger partial charge in [-0.1, -0.05) is 0 Å². The second-order valence-corrected chi connectivity index (χ2v) is 4.79. The van der Waals surface area contributed by atoms with Crippen LogP contribution in [0.1, 0.15) is 25.7 Å². The number of carbonyl (C=O) groups is 5. The van der Waals surface area contributed by atoms with Crippen LogP contribution in [0.5, 0.6) is 0 Å². The minimum absolute atomic E-state index is 0.0269. The molecule has 130 valence electrons. The topological polar surface area (TPSA) is 208 Å². The first-order chi connectivity index (χ1) is 10.6. The molecule has 0 saturated carbocycles. The fraction of sp³-hybridized carbons (Fsp3) is 0.583. The molecule has 0 saturated heterocycles. The van der Waals surface area contributed by atoms with Gasteiger partial charge >= 0.3 is 5.97 Å². The fourth-order valence-corrected chi connectivity index (χ4v) is 1.52. The maximum atomic E-state index is 11.6. The second kappa shape index (κ2) is 10.1. The van der Waals surface area contributed by atoms with Crippen molar-refractivity contribution >= 4 is 29.6 Å². The van der Waals surface area contributed by atoms with Crippen LogP contribution in [-0.2, 0) is 24.0 Å². The summed E-state index contributed by atoms with van der Waals surface area (Å²) in [6.45, 7) is -0.497. The van der Waals surface area contributed by atoms with E-state index in [4.69, 9.17) is 22.3 Å². The molecule has 0 aromatic rings. The van der Waals surface area contributed by atoms with Gasteiger partial charge in [-0.05, 0) is 12.8 Å². The highest BCUT2D eigenvalue weighted by atomic mass is 16.4. The number of hydrogen-bond acceptors (Lipinski definition) is 6. The molecule has 11 heteroatoms. The molecule has 0 radical (unpaired) electrons. The smallest absolute Gasteiger partial charge is 0.326 e. The van der Waals surface area contributed by atoms with Crippen LogP contribution in [0.3, 0.4) is 0 Å².